The molecule has 0 saturated carbocycles. The molecule has 29 heavy (non-hydrogen) atoms. The number of benzene rings is 2. The summed E-state index contributed by atoms with van der Waals surface area (Å²) in [4.78, 5) is 35.8. The van der Waals surface area contributed by atoms with E-state index in [2.05, 4.69) is 10.6 Å². The van der Waals surface area contributed by atoms with E-state index in [0.29, 0.717) is 35.6 Å². The van der Waals surface area contributed by atoms with Crippen LogP contribution in [0.15, 0.2) is 36.4 Å². The molecule has 2 heterocycles. The van der Waals surface area contributed by atoms with Gasteiger partial charge < -0.3 is 24.8 Å². The number of fused-ring (bicyclic) bond motifs is 2. The van der Waals surface area contributed by atoms with Gasteiger partial charge in [0.1, 0.15) is 0 Å². The fourth-order valence-corrected chi connectivity index (χ4v) is 3.27. The Balaban J connectivity index is 1.31. The molecule has 0 fully saturated rings. The standard InChI is InChI=1S/C21H20N2O6/c1-12(13-3-6-17-18(9-13)29-11-28-17)22-20(25)10-27-21(26)15-2-5-16-14(8-15)4-7-19(24)23-16/h2-3,5-6,8-9,12H,4,7,10-11H2,1H3,(H,22,25)(H,23,24). The van der Waals surface area contributed by atoms with Gasteiger partial charge in [0.2, 0.25) is 12.7 Å². The third kappa shape index (κ3) is 4.16. The number of carbonyl (C=O) groups excluding carboxylic acids is 3. The van der Waals surface area contributed by atoms with Crippen LogP contribution in [0.1, 0.15) is 40.9 Å². The number of esters is 1. The zero-order chi connectivity index (χ0) is 20.4. The van der Waals surface area contributed by atoms with Crippen LogP contribution in [0.2, 0.25) is 0 Å². The Hall–Kier alpha value is -3.55. The van der Waals surface area contributed by atoms with Crippen LogP contribution in [0.3, 0.4) is 0 Å². The van der Waals surface area contributed by atoms with Crippen LogP contribution >= 0.6 is 0 Å². The minimum atomic E-state index is -0.587. The van der Waals surface area contributed by atoms with Gasteiger partial charge in [-0.1, -0.05) is 6.07 Å². The Morgan fingerprint density at radius 1 is 1.14 bits per heavy atom. The third-order valence-electron chi connectivity index (χ3n) is 4.84. The molecule has 8 heteroatoms. The molecule has 0 saturated heterocycles. The largest absolute Gasteiger partial charge is 0.454 e. The maximum atomic E-state index is 12.3. The molecule has 4 rings (SSSR count). The predicted molar refractivity (Wildman–Crippen MR) is 103 cm³/mol. The normalized spacial score (nSPS) is 15.1. The van der Waals surface area contributed by atoms with E-state index in [1.54, 1.807) is 24.3 Å². The van der Waals surface area contributed by atoms with Crippen molar-refractivity contribution in [2.24, 2.45) is 0 Å². The van der Waals surface area contributed by atoms with Crippen LogP contribution in [0.4, 0.5) is 5.69 Å². The lowest BCUT2D eigenvalue weighted by Crippen LogP contribution is -2.31. The highest BCUT2D eigenvalue weighted by Gasteiger charge is 2.19. The van der Waals surface area contributed by atoms with Crippen LogP contribution in [0, 0.1) is 0 Å². The summed E-state index contributed by atoms with van der Waals surface area (Å²) in [6.45, 7) is 1.63. The van der Waals surface area contributed by atoms with E-state index in [0.717, 1.165) is 11.1 Å². The second-order valence-corrected chi connectivity index (χ2v) is 6.90. The van der Waals surface area contributed by atoms with Gasteiger partial charge in [-0.3, -0.25) is 9.59 Å². The Bertz CT molecular complexity index is 987. The first kappa shape index (κ1) is 18.8. The van der Waals surface area contributed by atoms with E-state index in [1.165, 1.54) is 0 Å². The number of anilines is 1. The molecule has 0 radical (unpaired) electrons. The predicted octanol–water partition coefficient (Wildman–Crippen LogP) is 2.33. The van der Waals surface area contributed by atoms with Gasteiger partial charge in [-0.25, -0.2) is 4.79 Å². The average Bonchev–Trinajstić information content (AvgIpc) is 3.19. The SMILES string of the molecule is CC(NC(=O)COC(=O)c1ccc2c(c1)CCC(=O)N2)c1ccc2c(c1)OCO2. The minimum absolute atomic E-state index is 0.0407. The fourth-order valence-electron chi connectivity index (χ4n) is 3.27. The van der Waals surface area contributed by atoms with Gasteiger partial charge >= 0.3 is 5.97 Å². The molecule has 2 aliphatic rings. The molecule has 2 aromatic rings. The van der Waals surface area contributed by atoms with Gasteiger partial charge in [0.15, 0.2) is 18.1 Å². The topological polar surface area (TPSA) is 103 Å². The third-order valence-corrected chi connectivity index (χ3v) is 4.84. The first-order valence-electron chi connectivity index (χ1n) is 9.28. The highest BCUT2D eigenvalue weighted by molar-refractivity contribution is 5.96. The van der Waals surface area contributed by atoms with Crippen molar-refractivity contribution in [2.45, 2.75) is 25.8 Å². The maximum Gasteiger partial charge on any atom is 0.338 e. The zero-order valence-electron chi connectivity index (χ0n) is 15.8. The van der Waals surface area contributed by atoms with Gasteiger partial charge in [0.25, 0.3) is 5.91 Å². The highest BCUT2D eigenvalue weighted by Crippen LogP contribution is 2.34. The van der Waals surface area contributed by atoms with Crippen LogP contribution in [0.5, 0.6) is 11.5 Å². The van der Waals surface area contributed by atoms with Crippen LogP contribution < -0.4 is 20.1 Å². The minimum Gasteiger partial charge on any atom is -0.454 e. The van der Waals surface area contributed by atoms with Crippen molar-refractivity contribution in [3.05, 3.63) is 53.1 Å². The molecule has 8 nitrogen and oxygen atoms in total. The van der Waals surface area contributed by atoms with Gasteiger partial charge in [-0.2, -0.15) is 0 Å². The molecule has 2 aliphatic heterocycles. The second kappa shape index (κ2) is 7.83. The lowest BCUT2D eigenvalue weighted by Gasteiger charge is -2.17. The second-order valence-electron chi connectivity index (χ2n) is 6.90. The maximum absolute atomic E-state index is 12.3. The van der Waals surface area contributed by atoms with Crippen LogP contribution in [-0.2, 0) is 20.7 Å². The molecule has 2 amide bonds. The summed E-state index contributed by atoms with van der Waals surface area (Å²) in [5.74, 6) is 0.273. The van der Waals surface area contributed by atoms with Gasteiger partial charge in [0.05, 0.1) is 11.6 Å². The first-order valence-corrected chi connectivity index (χ1v) is 9.28. The molecule has 1 unspecified atom stereocenters. The fraction of sp³-hybridized carbons (Fsp3) is 0.286. The first-order chi connectivity index (χ1) is 14.0. The van der Waals surface area contributed by atoms with Gasteiger partial charge in [-0.15, -0.1) is 0 Å². The molecule has 0 aliphatic carbocycles. The van der Waals surface area contributed by atoms with Gasteiger partial charge in [-0.05, 0) is 54.8 Å². The van der Waals surface area contributed by atoms with Crippen LogP contribution in [0.25, 0.3) is 0 Å². The van der Waals surface area contributed by atoms with E-state index in [1.807, 2.05) is 19.1 Å². The van der Waals surface area contributed by atoms with Crippen molar-refractivity contribution in [1.82, 2.24) is 5.32 Å². The average molecular weight is 396 g/mol. The summed E-state index contributed by atoms with van der Waals surface area (Å²) in [6, 6.07) is 10.1. The molecule has 150 valence electrons. The van der Waals surface area contributed by atoms with Crippen molar-refractivity contribution < 1.29 is 28.6 Å². The lowest BCUT2D eigenvalue weighted by molar-refractivity contribution is -0.124. The molecule has 0 spiro atoms. The summed E-state index contributed by atoms with van der Waals surface area (Å²) < 4.78 is 15.7. The Morgan fingerprint density at radius 2 is 1.97 bits per heavy atom. The summed E-state index contributed by atoms with van der Waals surface area (Å²) in [5.41, 5.74) is 2.77. The molecular formula is C21H20N2O6. The quantitative estimate of drug-likeness (QED) is 0.752. The summed E-state index contributed by atoms with van der Waals surface area (Å²) in [6.07, 6.45) is 0.946. The Morgan fingerprint density at radius 3 is 2.83 bits per heavy atom. The number of hydrogen-bond donors (Lipinski definition) is 2. The van der Waals surface area contributed by atoms with Gasteiger partial charge in [0, 0.05) is 12.1 Å². The van der Waals surface area contributed by atoms with Crippen molar-refractivity contribution in [3.8, 4) is 11.5 Å². The monoisotopic (exact) mass is 396 g/mol. The van der Waals surface area contributed by atoms with E-state index >= 15 is 0 Å². The highest BCUT2D eigenvalue weighted by atomic mass is 16.7. The van der Waals surface area contributed by atoms with E-state index in [4.69, 9.17) is 14.2 Å². The zero-order valence-corrected chi connectivity index (χ0v) is 15.8. The Kier molecular flexibility index (Phi) is 5.07. The molecule has 1 atom stereocenters. The van der Waals surface area contributed by atoms with E-state index < -0.39 is 11.9 Å². The smallest absolute Gasteiger partial charge is 0.338 e. The van der Waals surface area contributed by atoms with Crippen molar-refractivity contribution in [2.75, 3.05) is 18.7 Å². The molecular weight excluding hydrogens is 376 g/mol. The van der Waals surface area contributed by atoms with Crippen molar-refractivity contribution in [3.63, 3.8) is 0 Å². The molecule has 0 bridgehead atoms. The summed E-state index contributed by atoms with van der Waals surface area (Å²) in [7, 11) is 0. The number of ether oxygens (including phenoxy) is 3. The van der Waals surface area contributed by atoms with Crippen molar-refractivity contribution >= 4 is 23.5 Å². The van der Waals surface area contributed by atoms with E-state index in [9.17, 15) is 14.4 Å². The lowest BCUT2D eigenvalue weighted by atomic mass is 10.0. The Labute approximate surface area is 167 Å². The van der Waals surface area contributed by atoms with Crippen LogP contribution in [-0.4, -0.2) is 31.2 Å². The number of nitrogens with one attached hydrogen (secondary N) is 2. The molecule has 0 aromatic heterocycles. The van der Waals surface area contributed by atoms with Crippen molar-refractivity contribution in [1.29, 1.82) is 0 Å². The number of rotatable bonds is 5. The summed E-state index contributed by atoms with van der Waals surface area (Å²) >= 11 is 0. The number of amides is 2. The number of carbonyl (C=O) groups is 3. The molecule has 2 N–H and O–H groups in total. The summed E-state index contributed by atoms with van der Waals surface area (Å²) in [5, 5.41) is 5.55. The molecule has 2 aromatic carbocycles. The van der Waals surface area contributed by atoms with E-state index in [-0.39, 0.29) is 25.3 Å². The number of hydrogen-bond acceptors (Lipinski definition) is 6. The number of aryl methyl sites for hydroxylation is 1.